The summed E-state index contributed by atoms with van der Waals surface area (Å²) in [6.45, 7) is 7.54. The van der Waals surface area contributed by atoms with Gasteiger partial charge in [-0.2, -0.15) is 0 Å². The predicted molar refractivity (Wildman–Crippen MR) is 132 cm³/mol. The first kappa shape index (κ1) is 23.8. The molecule has 9 heteroatoms. The topological polar surface area (TPSA) is 79.3 Å². The van der Waals surface area contributed by atoms with Crippen molar-refractivity contribution in [3.63, 3.8) is 0 Å². The minimum absolute atomic E-state index is 0.197. The molecule has 0 saturated carbocycles. The molecule has 2 aliphatic heterocycles. The zero-order valence-corrected chi connectivity index (χ0v) is 21.3. The molecule has 0 unspecified atom stereocenters. The Morgan fingerprint density at radius 1 is 0.686 bits per heavy atom. The van der Waals surface area contributed by atoms with Crippen molar-refractivity contribution in [1.82, 2.24) is 0 Å². The Balaban J connectivity index is 2.21. The Bertz CT molecular complexity index is 1340. The Kier molecular flexibility index (Phi) is 5.54. The van der Waals surface area contributed by atoms with E-state index in [1.165, 1.54) is 0 Å². The van der Waals surface area contributed by atoms with Gasteiger partial charge in [-0.3, -0.25) is 0 Å². The third-order valence-corrected chi connectivity index (χ3v) is 12.6. The van der Waals surface area contributed by atoms with Gasteiger partial charge in [0.25, 0.3) is 0 Å². The zero-order valence-electron chi connectivity index (χ0n) is 20.3. The number of allylic oxidation sites excluding steroid dienone is 4. The molecule has 180 valence electrons. The van der Waals surface area contributed by atoms with Crippen molar-refractivity contribution in [2.75, 3.05) is 0 Å². The Morgan fingerprint density at radius 2 is 1.06 bits per heavy atom. The molecule has 0 aromatic heterocycles. The van der Waals surface area contributed by atoms with Gasteiger partial charge in [-0.05, 0) is 0 Å². The van der Waals surface area contributed by atoms with Crippen LogP contribution < -0.4 is 10.2 Å². The minimum atomic E-state index is -6.33. The Morgan fingerprint density at radius 3 is 1.40 bits per heavy atom. The van der Waals surface area contributed by atoms with Crippen LogP contribution in [-0.4, -0.2) is 27.7 Å². The van der Waals surface area contributed by atoms with E-state index in [1.807, 2.05) is 86.7 Å². The molecule has 1 spiro atoms. The van der Waals surface area contributed by atoms with Crippen LogP contribution in [-0.2, 0) is 21.9 Å². The quantitative estimate of drug-likeness (QED) is 0.490. The fourth-order valence-corrected chi connectivity index (χ4v) is 11.5. The second-order valence-corrected chi connectivity index (χ2v) is 13.7. The molecule has 8 nitrogen and oxygen atoms in total. The van der Waals surface area contributed by atoms with E-state index >= 15 is 0 Å². The van der Waals surface area contributed by atoms with Crippen LogP contribution in [0.4, 0.5) is 0 Å². The van der Waals surface area contributed by atoms with E-state index in [-0.39, 0.29) is 13.1 Å². The Labute approximate surface area is 204 Å². The van der Waals surface area contributed by atoms with E-state index in [1.54, 1.807) is 34.8 Å². The molecule has 2 aromatic carbocycles. The van der Waals surface area contributed by atoms with Crippen molar-refractivity contribution < 1.29 is 27.5 Å². The van der Waals surface area contributed by atoms with Crippen LogP contribution in [0.1, 0.15) is 38.8 Å². The van der Waals surface area contributed by atoms with E-state index in [4.69, 9.17) is 8.85 Å². The van der Waals surface area contributed by atoms with Crippen molar-refractivity contribution >= 4 is 19.2 Å². The second-order valence-electron chi connectivity index (χ2n) is 8.96. The normalized spacial score (nSPS) is 21.1. The number of benzene rings is 2. The Hall–Kier alpha value is -4.34. The molecule has 0 N–H and O–H groups in total. The maximum absolute atomic E-state index is 12.3. The first-order valence-corrected chi connectivity index (χ1v) is 13.9. The van der Waals surface area contributed by atoms with Crippen molar-refractivity contribution in [2.45, 2.75) is 40.8 Å². The standard InChI is InChI=1S/C26H30N4O4Si/c1-21-15-23(3)33-35(27-19-31,28-20-32,29(21)17-25-11-7-5-8-12-25)30(22(2)16-24(4)34-35)18-26-13-9-6-10-14-26/h5-16,31-32H,17-18H2,1-4H3/q+2/p-2. The summed E-state index contributed by atoms with van der Waals surface area (Å²) in [5, 5.41) is 24.7. The molecular weight excluding hydrogens is 460 g/mol. The monoisotopic (exact) mass is 488 g/mol. The van der Waals surface area contributed by atoms with Gasteiger partial charge < -0.3 is 0 Å². The SMILES string of the molecule is CC1=CC(C)=[N+](Cc2ccccc2)[Si-2]2([N+]#C[O-])([N+]#C[O-])(O1)OC(C)=CC(C)=[N+]2Cc1ccccc1. The molecule has 0 radical (unpaired) electrons. The molecule has 0 bridgehead atoms. The van der Waals surface area contributed by atoms with Crippen LogP contribution in [0.2, 0.25) is 0 Å². The van der Waals surface area contributed by atoms with Crippen molar-refractivity contribution in [1.29, 1.82) is 0 Å². The zero-order chi connectivity index (χ0) is 25.2. The number of nitrogens with zero attached hydrogens (tertiary/aromatic N) is 4. The number of rotatable bonds is 4. The summed E-state index contributed by atoms with van der Waals surface area (Å²) in [4.78, 5) is 0. The molecule has 0 fully saturated rings. The molecule has 35 heavy (non-hydrogen) atoms. The van der Waals surface area contributed by atoms with Gasteiger partial charge in [0.15, 0.2) is 0 Å². The molecule has 2 aromatic rings. The summed E-state index contributed by atoms with van der Waals surface area (Å²) in [5.41, 5.74) is 3.10. The van der Waals surface area contributed by atoms with Gasteiger partial charge in [-0.1, -0.05) is 0 Å². The van der Waals surface area contributed by atoms with Crippen molar-refractivity contribution in [3.05, 3.63) is 104 Å². The first-order chi connectivity index (χ1) is 16.7. The third kappa shape index (κ3) is 3.40. The molecule has 0 atom stereocenters. The van der Waals surface area contributed by atoms with Crippen LogP contribution >= 0.6 is 0 Å². The first-order valence-electron chi connectivity index (χ1n) is 11.3. The molecule has 2 heterocycles. The maximum atomic E-state index is 12.3. The van der Waals surface area contributed by atoms with Gasteiger partial charge in [0.1, 0.15) is 0 Å². The van der Waals surface area contributed by atoms with Gasteiger partial charge in [0, 0.05) is 0 Å². The van der Waals surface area contributed by atoms with Gasteiger partial charge in [-0.25, -0.2) is 0 Å². The van der Waals surface area contributed by atoms with Gasteiger partial charge in [0.05, 0.1) is 0 Å². The molecule has 2 aliphatic rings. The van der Waals surface area contributed by atoms with Crippen LogP contribution in [0.25, 0.3) is 9.02 Å². The van der Waals surface area contributed by atoms with Crippen LogP contribution in [0.3, 0.4) is 0 Å². The predicted octanol–water partition coefficient (Wildman–Crippen LogP) is 2.84. The number of hydrogen-bond donors (Lipinski definition) is 0. The molecule has 4 rings (SSSR count). The van der Waals surface area contributed by atoms with E-state index in [9.17, 15) is 10.2 Å². The average Bonchev–Trinajstić information content (AvgIpc) is 2.81. The third-order valence-electron chi connectivity index (χ3n) is 6.55. The average molecular weight is 489 g/mol. The fourth-order valence-electron chi connectivity index (χ4n) is 5.34. The van der Waals surface area contributed by atoms with Gasteiger partial charge in [-0.15, -0.1) is 0 Å². The van der Waals surface area contributed by atoms with E-state index in [0.717, 1.165) is 11.1 Å². The van der Waals surface area contributed by atoms with Crippen molar-refractivity contribution in [3.8, 4) is 12.5 Å². The van der Waals surface area contributed by atoms with Crippen LogP contribution in [0.5, 0.6) is 0 Å². The molecule has 0 saturated heterocycles. The molecule has 0 amide bonds. The summed E-state index contributed by atoms with van der Waals surface area (Å²) >= 11 is 0. The van der Waals surface area contributed by atoms with Crippen LogP contribution in [0.15, 0.2) is 84.3 Å². The fraction of sp³-hybridized carbons (Fsp3) is 0.231. The van der Waals surface area contributed by atoms with Crippen molar-refractivity contribution in [2.24, 2.45) is 0 Å². The second kappa shape index (κ2) is 8.15. The van der Waals surface area contributed by atoms with Gasteiger partial charge in [0.2, 0.25) is 0 Å². The summed E-state index contributed by atoms with van der Waals surface area (Å²) in [6.07, 6.45) is 6.99. The molecule has 0 aliphatic carbocycles. The molecular formula is C26H28N4O4Si. The summed E-state index contributed by atoms with van der Waals surface area (Å²) in [5.74, 6) is 0.796. The summed E-state index contributed by atoms with van der Waals surface area (Å²) < 4.78 is 25.5. The van der Waals surface area contributed by atoms with Gasteiger partial charge >= 0.3 is 205 Å². The number of hydrogen-bond acceptors (Lipinski definition) is 4. The van der Waals surface area contributed by atoms with E-state index in [2.05, 4.69) is 9.02 Å². The van der Waals surface area contributed by atoms with E-state index in [0.29, 0.717) is 22.9 Å². The summed E-state index contributed by atoms with van der Waals surface area (Å²) in [6, 6.07) is 19.2. The van der Waals surface area contributed by atoms with Crippen LogP contribution in [0, 0.1) is 12.5 Å². The summed E-state index contributed by atoms with van der Waals surface area (Å²) in [7, 11) is -6.33. The van der Waals surface area contributed by atoms with E-state index < -0.39 is 7.76 Å².